The van der Waals surface area contributed by atoms with Gasteiger partial charge in [-0.3, -0.25) is 4.68 Å². The summed E-state index contributed by atoms with van der Waals surface area (Å²) in [6.45, 7) is 6.48. The maximum Gasteiger partial charge on any atom is 0.0537 e. The lowest BCUT2D eigenvalue weighted by molar-refractivity contribution is 0.454. The number of nitrogens with zero attached hydrogens (tertiary/aromatic N) is 2. The molecule has 1 aromatic heterocycles. The van der Waals surface area contributed by atoms with Crippen molar-refractivity contribution in [3.63, 3.8) is 0 Å². The Bertz CT molecular complexity index is 267. The first-order valence-electron chi connectivity index (χ1n) is 5.48. The largest absolute Gasteiger partial charge is 0.324 e. The first kappa shape index (κ1) is 11.2. The fourth-order valence-electron chi connectivity index (χ4n) is 1.57. The number of hydrogen-bond donors (Lipinski definition) is 1. The maximum absolute atomic E-state index is 5.93. The highest BCUT2D eigenvalue weighted by atomic mass is 15.3. The second-order valence-corrected chi connectivity index (χ2v) is 3.91. The van der Waals surface area contributed by atoms with Gasteiger partial charge >= 0.3 is 0 Å². The number of nitrogens with two attached hydrogens (primary N) is 1. The van der Waals surface area contributed by atoms with E-state index in [0.717, 1.165) is 12.0 Å². The molecule has 0 aliphatic carbocycles. The average Bonchev–Trinajstić information content (AvgIpc) is 2.66. The Kier molecular flexibility index (Phi) is 4.14. The molecule has 0 aliphatic heterocycles. The summed E-state index contributed by atoms with van der Waals surface area (Å²) in [6, 6.07) is 0.621. The van der Waals surface area contributed by atoms with Crippen molar-refractivity contribution in [3.05, 3.63) is 18.0 Å². The molecule has 0 saturated heterocycles. The maximum atomic E-state index is 5.93. The fourth-order valence-corrected chi connectivity index (χ4v) is 1.57. The van der Waals surface area contributed by atoms with Crippen LogP contribution in [0.2, 0.25) is 0 Å². The summed E-state index contributed by atoms with van der Waals surface area (Å²) in [7, 11) is 0. The molecule has 0 radical (unpaired) electrons. The molecule has 1 aromatic rings. The van der Waals surface area contributed by atoms with Gasteiger partial charge in [0.05, 0.1) is 6.20 Å². The molecule has 0 bridgehead atoms. The van der Waals surface area contributed by atoms with Gasteiger partial charge in [-0.25, -0.2) is 0 Å². The highest BCUT2D eigenvalue weighted by Gasteiger charge is 2.09. The quantitative estimate of drug-likeness (QED) is 0.785. The van der Waals surface area contributed by atoms with Gasteiger partial charge in [0.2, 0.25) is 0 Å². The van der Waals surface area contributed by atoms with Crippen molar-refractivity contribution >= 4 is 0 Å². The molecule has 0 aromatic carbocycles. The highest BCUT2D eigenvalue weighted by Crippen LogP contribution is 2.17. The van der Waals surface area contributed by atoms with Crippen LogP contribution in [0.15, 0.2) is 12.4 Å². The first-order valence-corrected chi connectivity index (χ1v) is 5.48. The Morgan fingerprint density at radius 1 is 1.50 bits per heavy atom. The lowest BCUT2D eigenvalue weighted by atomic mass is 10.1. The molecular weight excluding hydrogens is 174 g/mol. The third-order valence-electron chi connectivity index (χ3n) is 2.65. The van der Waals surface area contributed by atoms with Crippen molar-refractivity contribution in [1.29, 1.82) is 0 Å². The van der Waals surface area contributed by atoms with Gasteiger partial charge in [-0.05, 0) is 19.8 Å². The lowest BCUT2D eigenvalue weighted by Gasteiger charge is -2.10. The average molecular weight is 195 g/mol. The predicted molar refractivity (Wildman–Crippen MR) is 59.1 cm³/mol. The molecule has 0 spiro atoms. The second-order valence-electron chi connectivity index (χ2n) is 3.91. The van der Waals surface area contributed by atoms with Crippen molar-refractivity contribution < 1.29 is 0 Å². The van der Waals surface area contributed by atoms with Crippen molar-refractivity contribution in [2.75, 3.05) is 0 Å². The molecule has 14 heavy (non-hydrogen) atoms. The van der Waals surface area contributed by atoms with Gasteiger partial charge in [-0.2, -0.15) is 5.10 Å². The monoisotopic (exact) mass is 195 g/mol. The molecule has 2 N–H and O–H groups in total. The van der Waals surface area contributed by atoms with Gasteiger partial charge in [0, 0.05) is 23.8 Å². The van der Waals surface area contributed by atoms with Crippen LogP contribution in [0.1, 0.15) is 57.7 Å². The second kappa shape index (κ2) is 5.15. The van der Waals surface area contributed by atoms with E-state index in [2.05, 4.69) is 32.1 Å². The minimum absolute atomic E-state index is 0.137. The summed E-state index contributed by atoms with van der Waals surface area (Å²) >= 11 is 0. The van der Waals surface area contributed by atoms with E-state index in [1.54, 1.807) is 0 Å². The zero-order valence-electron chi connectivity index (χ0n) is 9.40. The lowest BCUT2D eigenvalue weighted by Crippen LogP contribution is -2.08. The van der Waals surface area contributed by atoms with E-state index in [1.807, 2.05) is 10.9 Å². The van der Waals surface area contributed by atoms with E-state index >= 15 is 0 Å². The first-order chi connectivity index (χ1) is 6.69. The Morgan fingerprint density at radius 3 is 2.79 bits per heavy atom. The van der Waals surface area contributed by atoms with Crippen LogP contribution < -0.4 is 5.73 Å². The highest BCUT2D eigenvalue weighted by molar-refractivity contribution is 5.09. The molecule has 0 saturated carbocycles. The summed E-state index contributed by atoms with van der Waals surface area (Å²) in [5.74, 6) is 0. The van der Waals surface area contributed by atoms with Gasteiger partial charge in [0.15, 0.2) is 0 Å². The Labute approximate surface area is 86.3 Å². The summed E-state index contributed by atoms with van der Waals surface area (Å²) in [4.78, 5) is 0. The smallest absolute Gasteiger partial charge is 0.0537 e. The minimum atomic E-state index is 0.137. The van der Waals surface area contributed by atoms with Crippen molar-refractivity contribution in [3.8, 4) is 0 Å². The van der Waals surface area contributed by atoms with Crippen LogP contribution in [-0.2, 0) is 0 Å². The zero-order valence-corrected chi connectivity index (χ0v) is 9.40. The van der Waals surface area contributed by atoms with Crippen LogP contribution in [0.4, 0.5) is 0 Å². The van der Waals surface area contributed by atoms with E-state index in [9.17, 15) is 0 Å². The number of hydrogen-bond acceptors (Lipinski definition) is 2. The van der Waals surface area contributed by atoms with Crippen LogP contribution in [0.25, 0.3) is 0 Å². The molecule has 80 valence electrons. The molecule has 0 amide bonds. The molecule has 2 atom stereocenters. The van der Waals surface area contributed by atoms with Gasteiger partial charge in [-0.15, -0.1) is 0 Å². The van der Waals surface area contributed by atoms with Gasteiger partial charge in [0.1, 0.15) is 0 Å². The molecule has 3 heteroatoms. The fraction of sp³-hybridized carbons (Fsp3) is 0.727. The zero-order chi connectivity index (χ0) is 10.6. The molecule has 2 unspecified atom stereocenters. The van der Waals surface area contributed by atoms with E-state index in [0.29, 0.717) is 6.04 Å². The third-order valence-corrected chi connectivity index (χ3v) is 2.65. The topological polar surface area (TPSA) is 43.8 Å². The number of rotatable bonds is 5. The van der Waals surface area contributed by atoms with E-state index in [4.69, 9.17) is 5.73 Å². The standard InChI is InChI=1S/C11H21N3/c1-4-6-9(3)14-8-10(7-13-14)11(12)5-2/h7-9,11H,4-6,12H2,1-3H3. The number of aromatic nitrogens is 2. The van der Waals surface area contributed by atoms with Crippen LogP contribution in [0, 0.1) is 0 Å². The molecule has 1 rings (SSSR count). The third kappa shape index (κ3) is 2.58. The Hall–Kier alpha value is -0.830. The van der Waals surface area contributed by atoms with Crippen LogP contribution >= 0.6 is 0 Å². The molecule has 0 fully saturated rings. The Morgan fingerprint density at radius 2 is 2.21 bits per heavy atom. The van der Waals surface area contributed by atoms with Gasteiger partial charge < -0.3 is 5.73 Å². The van der Waals surface area contributed by atoms with Crippen molar-refractivity contribution in [2.45, 2.75) is 52.1 Å². The van der Waals surface area contributed by atoms with Crippen molar-refractivity contribution in [2.24, 2.45) is 5.73 Å². The predicted octanol–water partition coefficient (Wildman–Crippen LogP) is 2.65. The minimum Gasteiger partial charge on any atom is -0.324 e. The SMILES string of the molecule is CCCC(C)n1cc(C(N)CC)cn1. The van der Waals surface area contributed by atoms with E-state index in [1.165, 1.54) is 12.8 Å². The molecular formula is C11H21N3. The summed E-state index contributed by atoms with van der Waals surface area (Å²) in [5, 5.41) is 4.34. The molecule has 1 heterocycles. The van der Waals surface area contributed by atoms with Crippen LogP contribution in [0.5, 0.6) is 0 Å². The van der Waals surface area contributed by atoms with Crippen LogP contribution in [0.3, 0.4) is 0 Å². The van der Waals surface area contributed by atoms with Crippen molar-refractivity contribution in [1.82, 2.24) is 9.78 Å². The summed E-state index contributed by atoms with van der Waals surface area (Å²) in [5.41, 5.74) is 7.08. The Balaban J connectivity index is 2.67. The van der Waals surface area contributed by atoms with Crippen LogP contribution in [-0.4, -0.2) is 9.78 Å². The summed E-state index contributed by atoms with van der Waals surface area (Å²) in [6.07, 6.45) is 7.29. The normalized spacial score (nSPS) is 15.4. The van der Waals surface area contributed by atoms with E-state index < -0.39 is 0 Å². The van der Waals surface area contributed by atoms with Gasteiger partial charge in [-0.1, -0.05) is 20.3 Å². The molecule has 3 nitrogen and oxygen atoms in total. The molecule has 0 aliphatic rings. The summed E-state index contributed by atoms with van der Waals surface area (Å²) < 4.78 is 2.02. The van der Waals surface area contributed by atoms with E-state index in [-0.39, 0.29) is 6.04 Å². The van der Waals surface area contributed by atoms with Gasteiger partial charge in [0.25, 0.3) is 0 Å².